The van der Waals surface area contributed by atoms with Gasteiger partial charge in [-0.15, -0.1) is 0 Å². The maximum atomic E-state index is 12.5. The van der Waals surface area contributed by atoms with E-state index in [0.29, 0.717) is 6.54 Å². The average Bonchev–Trinajstić information content (AvgIpc) is 2.92. The van der Waals surface area contributed by atoms with E-state index in [1.165, 1.54) is 4.90 Å². The van der Waals surface area contributed by atoms with E-state index in [1.807, 2.05) is 35.9 Å². The maximum Gasteiger partial charge on any atom is 0.246 e. The number of imidazole rings is 1. The number of carbonyl (C=O) groups excluding carboxylic acids is 2. The van der Waals surface area contributed by atoms with Gasteiger partial charge in [0.2, 0.25) is 11.8 Å². The van der Waals surface area contributed by atoms with E-state index in [0.717, 1.165) is 16.9 Å². The van der Waals surface area contributed by atoms with Gasteiger partial charge in [-0.2, -0.15) is 0 Å². The van der Waals surface area contributed by atoms with Crippen molar-refractivity contribution in [3.05, 3.63) is 35.8 Å². The van der Waals surface area contributed by atoms with Crippen molar-refractivity contribution in [1.29, 1.82) is 0 Å². The number of aromatic nitrogens is 2. The molecule has 0 N–H and O–H groups in total. The number of amides is 2. The molecular formula is C16H20N4O2. The fraction of sp³-hybridized carbons (Fsp3) is 0.438. The van der Waals surface area contributed by atoms with Gasteiger partial charge in [0, 0.05) is 19.4 Å². The molecule has 0 bridgehead atoms. The van der Waals surface area contributed by atoms with Crippen molar-refractivity contribution >= 4 is 17.5 Å². The molecule has 1 aliphatic rings. The van der Waals surface area contributed by atoms with Gasteiger partial charge in [-0.1, -0.05) is 6.07 Å². The Labute approximate surface area is 129 Å². The van der Waals surface area contributed by atoms with Gasteiger partial charge in [-0.05, 0) is 32.4 Å². The van der Waals surface area contributed by atoms with Crippen molar-refractivity contribution in [3.8, 4) is 0 Å². The predicted molar refractivity (Wildman–Crippen MR) is 82.2 cm³/mol. The van der Waals surface area contributed by atoms with Gasteiger partial charge in [-0.3, -0.25) is 9.59 Å². The summed E-state index contributed by atoms with van der Waals surface area (Å²) in [4.78, 5) is 32.4. The van der Waals surface area contributed by atoms with Gasteiger partial charge in [0.1, 0.15) is 17.7 Å². The van der Waals surface area contributed by atoms with Crippen LogP contribution in [0.4, 0.5) is 0 Å². The van der Waals surface area contributed by atoms with Crippen molar-refractivity contribution in [1.82, 2.24) is 19.2 Å². The largest absolute Gasteiger partial charge is 0.332 e. The fourth-order valence-electron chi connectivity index (χ4n) is 2.89. The Morgan fingerprint density at radius 3 is 2.59 bits per heavy atom. The number of piperazine rings is 1. The predicted octanol–water partition coefficient (Wildman–Crippen LogP) is 1.22. The molecule has 0 spiro atoms. The highest BCUT2D eigenvalue weighted by Gasteiger charge is 2.39. The number of hydrogen-bond donors (Lipinski definition) is 0. The first kappa shape index (κ1) is 14.6. The average molecular weight is 300 g/mol. The standard InChI is InChI=1S/C16H20N4O2/c1-10-6-5-7-19-8-13(17-14(10)19)9-20-12(3)15(21)18(4)11(2)16(20)22/h5-8,11-12H,9H2,1-4H3/t11-,12-/m0/s1. The van der Waals surface area contributed by atoms with Crippen molar-refractivity contribution in [2.24, 2.45) is 0 Å². The van der Waals surface area contributed by atoms with E-state index in [-0.39, 0.29) is 11.8 Å². The van der Waals surface area contributed by atoms with Gasteiger partial charge in [-0.25, -0.2) is 4.98 Å². The smallest absolute Gasteiger partial charge is 0.246 e. The number of carbonyl (C=O) groups is 2. The molecule has 0 saturated carbocycles. The first-order valence-corrected chi connectivity index (χ1v) is 7.40. The minimum absolute atomic E-state index is 0.0351. The van der Waals surface area contributed by atoms with Crippen LogP contribution in [0.2, 0.25) is 0 Å². The summed E-state index contributed by atoms with van der Waals surface area (Å²) in [5.41, 5.74) is 2.75. The Kier molecular flexibility index (Phi) is 3.39. The quantitative estimate of drug-likeness (QED) is 0.838. The zero-order valence-electron chi connectivity index (χ0n) is 13.3. The molecule has 0 unspecified atom stereocenters. The molecule has 2 amide bonds. The highest BCUT2D eigenvalue weighted by atomic mass is 16.2. The fourth-order valence-corrected chi connectivity index (χ4v) is 2.89. The van der Waals surface area contributed by atoms with Crippen LogP contribution in [-0.2, 0) is 16.1 Å². The summed E-state index contributed by atoms with van der Waals surface area (Å²) in [5, 5.41) is 0. The molecule has 3 rings (SSSR count). The van der Waals surface area contributed by atoms with Crippen LogP contribution in [0.15, 0.2) is 24.5 Å². The van der Waals surface area contributed by atoms with E-state index >= 15 is 0 Å². The molecule has 2 atom stereocenters. The number of pyridine rings is 1. The summed E-state index contributed by atoms with van der Waals surface area (Å²) in [6.07, 6.45) is 3.84. The summed E-state index contributed by atoms with van der Waals surface area (Å²) in [6.45, 7) is 5.88. The topological polar surface area (TPSA) is 57.9 Å². The highest BCUT2D eigenvalue weighted by Crippen LogP contribution is 2.20. The minimum atomic E-state index is -0.459. The Hall–Kier alpha value is -2.37. The van der Waals surface area contributed by atoms with Crippen LogP contribution in [0, 0.1) is 6.92 Å². The first-order valence-electron chi connectivity index (χ1n) is 7.40. The number of nitrogens with zero attached hydrogens (tertiary/aromatic N) is 4. The molecule has 3 heterocycles. The van der Waals surface area contributed by atoms with Gasteiger partial charge in [0.05, 0.1) is 12.2 Å². The number of rotatable bonds is 2. The monoisotopic (exact) mass is 300 g/mol. The summed E-state index contributed by atoms with van der Waals surface area (Å²) in [5.74, 6) is -0.0737. The van der Waals surface area contributed by atoms with E-state index in [2.05, 4.69) is 4.98 Å². The van der Waals surface area contributed by atoms with Gasteiger partial charge < -0.3 is 14.2 Å². The van der Waals surface area contributed by atoms with E-state index in [9.17, 15) is 9.59 Å². The molecule has 0 radical (unpaired) electrons. The number of aryl methyl sites for hydroxylation is 1. The highest BCUT2D eigenvalue weighted by molar-refractivity contribution is 5.96. The molecule has 2 aromatic heterocycles. The van der Waals surface area contributed by atoms with Crippen LogP contribution in [0.25, 0.3) is 5.65 Å². The lowest BCUT2D eigenvalue weighted by Crippen LogP contribution is -2.61. The zero-order valence-corrected chi connectivity index (χ0v) is 13.3. The lowest BCUT2D eigenvalue weighted by Gasteiger charge is -2.40. The van der Waals surface area contributed by atoms with Crippen LogP contribution in [0.5, 0.6) is 0 Å². The molecule has 6 heteroatoms. The van der Waals surface area contributed by atoms with Crippen molar-refractivity contribution < 1.29 is 9.59 Å². The van der Waals surface area contributed by atoms with Crippen LogP contribution in [0.1, 0.15) is 25.1 Å². The molecule has 2 aromatic rings. The maximum absolute atomic E-state index is 12.5. The first-order chi connectivity index (χ1) is 10.4. The normalized spacial score (nSPS) is 22.7. The molecule has 0 aromatic carbocycles. The van der Waals surface area contributed by atoms with Crippen molar-refractivity contribution in [3.63, 3.8) is 0 Å². The zero-order chi connectivity index (χ0) is 16.0. The number of fused-ring (bicyclic) bond motifs is 1. The number of hydrogen-bond acceptors (Lipinski definition) is 3. The van der Waals surface area contributed by atoms with Crippen LogP contribution >= 0.6 is 0 Å². The van der Waals surface area contributed by atoms with Crippen LogP contribution < -0.4 is 0 Å². The second kappa shape index (κ2) is 5.12. The molecular weight excluding hydrogens is 280 g/mol. The van der Waals surface area contributed by atoms with Crippen LogP contribution in [0.3, 0.4) is 0 Å². The lowest BCUT2D eigenvalue weighted by molar-refractivity contribution is -0.159. The van der Waals surface area contributed by atoms with Gasteiger partial charge >= 0.3 is 0 Å². The Bertz CT molecular complexity index is 752. The third-order valence-corrected chi connectivity index (χ3v) is 4.45. The molecule has 1 aliphatic heterocycles. The Morgan fingerprint density at radius 2 is 1.91 bits per heavy atom. The minimum Gasteiger partial charge on any atom is -0.332 e. The molecule has 22 heavy (non-hydrogen) atoms. The Balaban J connectivity index is 1.91. The number of likely N-dealkylation sites (N-methyl/N-ethyl adjacent to an activating group) is 1. The van der Waals surface area contributed by atoms with Crippen LogP contribution in [-0.4, -0.2) is 50.1 Å². The third kappa shape index (κ3) is 2.15. The van der Waals surface area contributed by atoms with Gasteiger partial charge in [0.25, 0.3) is 0 Å². The molecule has 1 fully saturated rings. The molecule has 116 valence electrons. The second-order valence-electron chi connectivity index (χ2n) is 5.92. The second-order valence-corrected chi connectivity index (χ2v) is 5.92. The summed E-state index contributed by atoms with van der Waals surface area (Å²) >= 11 is 0. The summed E-state index contributed by atoms with van der Waals surface area (Å²) in [6, 6.07) is 3.08. The summed E-state index contributed by atoms with van der Waals surface area (Å²) in [7, 11) is 1.67. The SMILES string of the molecule is Cc1cccn2cc(CN3C(=O)[C@H](C)N(C)C(=O)[C@@H]3C)nc12. The van der Waals surface area contributed by atoms with E-state index < -0.39 is 12.1 Å². The van der Waals surface area contributed by atoms with E-state index in [1.54, 1.807) is 25.8 Å². The van der Waals surface area contributed by atoms with Crippen molar-refractivity contribution in [2.75, 3.05) is 7.05 Å². The molecule has 0 aliphatic carbocycles. The van der Waals surface area contributed by atoms with E-state index in [4.69, 9.17) is 0 Å². The molecule has 1 saturated heterocycles. The third-order valence-electron chi connectivity index (χ3n) is 4.45. The molecule has 6 nitrogen and oxygen atoms in total. The van der Waals surface area contributed by atoms with Crippen molar-refractivity contribution in [2.45, 2.75) is 39.4 Å². The van der Waals surface area contributed by atoms with Gasteiger partial charge in [0.15, 0.2) is 0 Å². The Morgan fingerprint density at radius 1 is 1.18 bits per heavy atom. The summed E-state index contributed by atoms with van der Waals surface area (Å²) < 4.78 is 1.95. The lowest BCUT2D eigenvalue weighted by atomic mass is 10.1.